The number of likely N-dealkylation sites (tertiary alicyclic amines) is 2. The predicted molar refractivity (Wildman–Crippen MR) is 84.8 cm³/mol. The Balaban J connectivity index is 1.44. The molecule has 4 rings (SSSR count). The van der Waals surface area contributed by atoms with E-state index in [0.717, 1.165) is 19.4 Å². The van der Waals surface area contributed by atoms with Crippen molar-refractivity contribution in [1.82, 2.24) is 19.9 Å². The number of aryl methyl sites for hydroxylation is 1. The van der Waals surface area contributed by atoms with Crippen LogP contribution in [0.25, 0.3) is 0 Å². The first-order valence-electron chi connectivity index (χ1n) is 9.06. The van der Waals surface area contributed by atoms with Crippen LogP contribution in [0.5, 0.6) is 0 Å². The monoisotopic (exact) mass is 332 g/mol. The zero-order valence-corrected chi connectivity index (χ0v) is 14.1. The van der Waals surface area contributed by atoms with Crippen molar-refractivity contribution < 1.29 is 14.1 Å². The number of hydrogen-bond donors (Lipinski definition) is 0. The van der Waals surface area contributed by atoms with Crippen LogP contribution in [0.2, 0.25) is 0 Å². The molecule has 0 aromatic carbocycles. The number of carbonyl (C=O) groups excluding carboxylic acids is 2. The summed E-state index contributed by atoms with van der Waals surface area (Å²) in [5.74, 6) is 1.87. The maximum absolute atomic E-state index is 13.0. The van der Waals surface area contributed by atoms with E-state index in [4.69, 9.17) is 4.52 Å². The highest BCUT2D eigenvalue weighted by Crippen LogP contribution is 2.35. The summed E-state index contributed by atoms with van der Waals surface area (Å²) in [6.07, 6.45) is 5.28. The molecular formula is C17H24N4O3. The van der Waals surface area contributed by atoms with Crippen LogP contribution in [0.15, 0.2) is 4.52 Å². The minimum atomic E-state index is -0.214. The highest BCUT2D eigenvalue weighted by molar-refractivity contribution is 5.89. The molecule has 2 amide bonds. The van der Waals surface area contributed by atoms with E-state index < -0.39 is 0 Å². The van der Waals surface area contributed by atoms with E-state index in [0.29, 0.717) is 43.6 Å². The first-order chi connectivity index (χ1) is 11.7. The zero-order valence-electron chi connectivity index (χ0n) is 14.1. The molecule has 3 heterocycles. The molecule has 0 N–H and O–H groups in total. The van der Waals surface area contributed by atoms with Gasteiger partial charge < -0.3 is 14.3 Å². The summed E-state index contributed by atoms with van der Waals surface area (Å²) in [6.45, 7) is 4.08. The van der Waals surface area contributed by atoms with Crippen LogP contribution in [0, 0.1) is 11.8 Å². The Bertz CT molecular complexity index is 640. The van der Waals surface area contributed by atoms with Crippen LogP contribution in [0.1, 0.15) is 56.8 Å². The molecule has 0 unspecified atom stereocenters. The molecule has 1 aliphatic carbocycles. The van der Waals surface area contributed by atoms with E-state index in [-0.39, 0.29) is 23.8 Å². The first-order valence-corrected chi connectivity index (χ1v) is 9.06. The molecule has 7 heteroatoms. The second-order valence-corrected chi connectivity index (χ2v) is 7.23. The van der Waals surface area contributed by atoms with Crippen molar-refractivity contribution in [3.05, 3.63) is 11.7 Å². The average molecular weight is 332 g/mol. The van der Waals surface area contributed by atoms with Gasteiger partial charge in [0.15, 0.2) is 5.82 Å². The molecule has 2 saturated heterocycles. The molecule has 0 bridgehead atoms. The predicted octanol–water partition coefficient (Wildman–Crippen LogP) is 1.55. The molecule has 0 spiro atoms. The van der Waals surface area contributed by atoms with Gasteiger partial charge in [0, 0.05) is 32.5 Å². The van der Waals surface area contributed by atoms with Gasteiger partial charge in [-0.25, -0.2) is 0 Å². The summed E-state index contributed by atoms with van der Waals surface area (Å²) in [4.78, 5) is 33.3. The highest BCUT2D eigenvalue weighted by Gasteiger charge is 2.42. The lowest BCUT2D eigenvalue weighted by atomic mass is 10.1. The van der Waals surface area contributed by atoms with E-state index >= 15 is 0 Å². The third kappa shape index (κ3) is 2.91. The van der Waals surface area contributed by atoms with Crippen molar-refractivity contribution in [2.45, 2.75) is 51.5 Å². The second-order valence-electron chi connectivity index (χ2n) is 7.23. The number of carbonyl (C=O) groups is 2. The van der Waals surface area contributed by atoms with Crippen molar-refractivity contribution >= 4 is 11.8 Å². The van der Waals surface area contributed by atoms with Crippen molar-refractivity contribution in [2.75, 3.05) is 19.6 Å². The molecule has 2 aliphatic heterocycles. The SMILES string of the molecule is CCc1nc([C@H]2CCCN2C(=O)[C@H]2CC(=O)N(CC3CC3)C2)no1. The van der Waals surface area contributed by atoms with Crippen molar-refractivity contribution in [1.29, 1.82) is 0 Å². The maximum Gasteiger partial charge on any atom is 0.228 e. The van der Waals surface area contributed by atoms with Crippen LogP contribution in [0.4, 0.5) is 0 Å². The summed E-state index contributed by atoms with van der Waals surface area (Å²) >= 11 is 0. The number of nitrogens with zero attached hydrogens (tertiary/aromatic N) is 4. The Morgan fingerprint density at radius 2 is 2.17 bits per heavy atom. The van der Waals surface area contributed by atoms with Gasteiger partial charge in [0.25, 0.3) is 0 Å². The topological polar surface area (TPSA) is 79.5 Å². The summed E-state index contributed by atoms with van der Waals surface area (Å²) in [6, 6.07) is -0.103. The highest BCUT2D eigenvalue weighted by atomic mass is 16.5. The maximum atomic E-state index is 13.0. The normalized spacial score (nSPS) is 27.3. The fraction of sp³-hybridized carbons (Fsp3) is 0.765. The van der Waals surface area contributed by atoms with E-state index in [1.54, 1.807) is 0 Å². The van der Waals surface area contributed by atoms with Gasteiger partial charge in [-0.15, -0.1) is 0 Å². The molecule has 3 aliphatic rings. The summed E-state index contributed by atoms with van der Waals surface area (Å²) in [5.41, 5.74) is 0. The molecule has 1 aromatic heterocycles. The lowest BCUT2D eigenvalue weighted by Crippen LogP contribution is -2.37. The Hall–Kier alpha value is -1.92. The molecule has 0 radical (unpaired) electrons. The van der Waals surface area contributed by atoms with E-state index in [1.807, 2.05) is 16.7 Å². The molecule has 7 nitrogen and oxygen atoms in total. The third-order valence-corrected chi connectivity index (χ3v) is 5.36. The van der Waals surface area contributed by atoms with Crippen LogP contribution in [-0.2, 0) is 16.0 Å². The van der Waals surface area contributed by atoms with E-state index in [9.17, 15) is 9.59 Å². The quantitative estimate of drug-likeness (QED) is 0.817. The number of amides is 2. The van der Waals surface area contributed by atoms with Gasteiger partial charge in [0.05, 0.1) is 12.0 Å². The van der Waals surface area contributed by atoms with Crippen LogP contribution in [-0.4, -0.2) is 51.4 Å². The van der Waals surface area contributed by atoms with Gasteiger partial charge in [-0.2, -0.15) is 4.98 Å². The van der Waals surface area contributed by atoms with Gasteiger partial charge in [0.1, 0.15) is 0 Å². The second kappa shape index (κ2) is 6.18. The minimum absolute atomic E-state index is 0.0759. The van der Waals surface area contributed by atoms with Crippen molar-refractivity contribution in [2.24, 2.45) is 11.8 Å². The van der Waals surface area contributed by atoms with Gasteiger partial charge >= 0.3 is 0 Å². The minimum Gasteiger partial charge on any atom is -0.342 e. The van der Waals surface area contributed by atoms with Crippen molar-refractivity contribution in [3.63, 3.8) is 0 Å². The molecule has 130 valence electrons. The Morgan fingerprint density at radius 1 is 1.33 bits per heavy atom. The Morgan fingerprint density at radius 3 is 2.88 bits per heavy atom. The number of rotatable bonds is 5. The summed E-state index contributed by atoms with van der Waals surface area (Å²) in [7, 11) is 0. The van der Waals surface area contributed by atoms with Gasteiger partial charge in [0.2, 0.25) is 17.7 Å². The molecule has 1 aromatic rings. The third-order valence-electron chi connectivity index (χ3n) is 5.36. The summed E-state index contributed by atoms with van der Waals surface area (Å²) in [5, 5.41) is 4.05. The molecule has 3 fully saturated rings. The largest absolute Gasteiger partial charge is 0.342 e. The molecule has 2 atom stereocenters. The first kappa shape index (κ1) is 15.6. The lowest BCUT2D eigenvalue weighted by Gasteiger charge is -2.25. The standard InChI is InChI=1S/C17H24N4O3/c1-2-14-18-16(19-24-14)13-4-3-7-21(13)17(23)12-8-15(22)20(10-12)9-11-5-6-11/h11-13H,2-10H2,1H3/t12-,13+/m0/s1. The molecule has 24 heavy (non-hydrogen) atoms. The zero-order chi connectivity index (χ0) is 16.7. The number of hydrogen-bond acceptors (Lipinski definition) is 5. The van der Waals surface area contributed by atoms with E-state index in [2.05, 4.69) is 10.1 Å². The Kier molecular flexibility index (Phi) is 4.02. The Labute approximate surface area is 141 Å². The van der Waals surface area contributed by atoms with Crippen LogP contribution < -0.4 is 0 Å². The fourth-order valence-electron chi connectivity index (χ4n) is 3.81. The number of aromatic nitrogens is 2. The van der Waals surface area contributed by atoms with Gasteiger partial charge in [-0.05, 0) is 31.6 Å². The lowest BCUT2D eigenvalue weighted by molar-refractivity contribution is -0.136. The van der Waals surface area contributed by atoms with Gasteiger partial charge in [-0.1, -0.05) is 12.1 Å². The van der Waals surface area contributed by atoms with Crippen molar-refractivity contribution in [3.8, 4) is 0 Å². The average Bonchev–Trinajstić information content (AvgIpc) is 3.00. The summed E-state index contributed by atoms with van der Waals surface area (Å²) < 4.78 is 5.20. The molecular weight excluding hydrogens is 308 g/mol. The van der Waals surface area contributed by atoms with Gasteiger partial charge in [-0.3, -0.25) is 9.59 Å². The van der Waals surface area contributed by atoms with E-state index in [1.165, 1.54) is 12.8 Å². The van der Waals surface area contributed by atoms with Crippen LogP contribution in [0.3, 0.4) is 0 Å². The molecule has 1 saturated carbocycles. The fourth-order valence-corrected chi connectivity index (χ4v) is 3.81. The van der Waals surface area contributed by atoms with Crippen LogP contribution >= 0.6 is 0 Å². The smallest absolute Gasteiger partial charge is 0.228 e.